The predicted octanol–water partition coefficient (Wildman–Crippen LogP) is 2.60. The second-order valence-electron chi connectivity index (χ2n) is 7.93. The summed E-state index contributed by atoms with van der Waals surface area (Å²) in [6.07, 6.45) is 5.25. The van der Waals surface area contributed by atoms with E-state index in [-0.39, 0.29) is 41.5 Å². The van der Waals surface area contributed by atoms with Gasteiger partial charge in [0.05, 0.1) is 5.69 Å². The summed E-state index contributed by atoms with van der Waals surface area (Å²) >= 11 is 0. The lowest BCUT2D eigenvalue weighted by atomic mass is 9.67. The molecule has 1 amide bonds. The van der Waals surface area contributed by atoms with Gasteiger partial charge in [0.1, 0.15) is 0 Å². The van der Waals surface area contributed by atoms with E-state index in [1.807, 2.05) is 37.3 Å². The van der Waals surface area contributed by atoms with Crippen molar-refractivity contribution in [2.24, 2.45) is 17.6 Å². The van der Waals surface area contributed by atoms with Gasteiger partial charge < -0.3 is 11.1 Å². The number of rotatable bonds is 3. The fourth-order valence-corrected chi connectivity index (χ4v) is 4.78. The molecular formula is C21H27ClN4O2. The molecule has 1 aromatic carbocycles. The van der Waals surface area contributed by atoms with Crippen LogP contribution in [-0.4, -0.2) is 27.8 Å². The van der Waals surface area contributed by atoms with Crippen LogP contribution in [0, 0.1) is 18.8 Å². The number of aryl methyl sites for hydroxylation is 1. The molecule has 2 atom stereocenters. The summed E-state index contributed by atoms with van der Waals surface area (Å²) in [6.45, 7) is 1.82. The topological polar surface area (TPSA) is 90.0 Å². The van der Waals surface area contributed by atoms with Crippen molar-refractivity contribution in [3.63, 3.8) is 0 Å². The van der Waals surface area contributed by atoms with E-state index < -0.39 is 0 Å². The van der Waals surface area contributed by atoms with Crippen LogP contribution in [0.4, 0.5) is 0 Å². The number of carbonyl (C=O) groups excluding carboxylic acids is 1. The largest absolute Gasteiger partial charge is 0.347 e. The molecule has 4 rings (SSSR count). The van der Waals surface area contributed by atoms with Gasteiger partial charge in [-0.2, -0.15) is 5.10 Å². The highest BCUT2D eigenvalue weighted by molar-refractivity contribution is 5.92. The maximum atomic E-state index is 12.9. The maximum absolute atomic E-state index is 12.9. The number of aromatic nitrogens is 2. The lowest BCUT2D eigenvalue weighted by Crippen LogP contribution is -2.54. The third-order valence-electron chi connectivity index (χ3n) is 6.00. The Bertz CT molecular complexity index is 885. The number of hydrogen-bond donors (Lipinski definition) is 2. The molecule has 7 heteroatoms. The van der Waals surface area contributed by atoms with E-state index in [9.17, 15) is 9.59 Å². The first-order valence-electron chi connectivity index (χ1n) is 9.76. The number of fused-ring (bicyclic) bond motifs is 2. The van der Waals surface area contributed by atoms with Gasteiger partial charge in [0, 0.05) is 23.8 Å². The van der Waals surface area contributed by atoms with E-state index in [1.165, 1.54) is 12.5 Å². The van der Waals surface area contributed by atoms with Crippen LogP contribution in [0.25, 0.3) is 5.69 Å². The molecule has 0 aliphatic heterocycles. The normalized spacial score (nSPS) is 26.2. The van der Waals surface area contributed by atoms with Gasteiger partial charge in [-0.05, 0) is 56.6 Å². The zero-order valence-electron chi connectivity index (χ0n) is 16.0. The van der Waals surface area contributed by atoms with E-state index in [0.717, 1.165) is 31.4 Å². The molecule has 0 radical (unpaired) electrons. The van der Waals surface area contributed by atoms with Crippen LogP contribution >= 0.6 is 12.4 Å². The highest BCUT2D eigenvalue weighted by Gasteiger charge is 2.40. The maximum Gasteiger partial charge on any atom is 0.276 e. The first-order chi connectivity index (χ1) is 13.0. The molecule has 0 spiro atoms. The average molecular weight is 403 g/mol. The van der Waals surface area contributed by atoms with Gasteiger partial charge in [-0.15, -0.1) is 12.4 Å². The molecule has 2 unspecified atom stereocenters. The molecule has 2 aromatic rings. The van der Waals surface area contributed by atoms with Crippen molar-refractivity contribution >= 4 is 18.3 Å². The molecule has 28 heavy (non-hydrogen) atoms. The van der Waals surface area contributed by atoms with Crippen molar-refractivity contribution in [2.75, 3.05) is 0 Å². The summed E-state index contributed by atoms with van der Waals surface area (Å²) in [5.74, 6) is 0.429. The van der Waals surface area contributed by atoms with Crippen LogP contribution in [0.5, 0.6) is 0 Å². The Labute approximate surface area is 170 Å². The molecule has 6 nitrogen and oxygen atoms in total. The first kappa shape index (κ1) is 20.6. The van der Waals surface area contributed by atoms with Gasteiger partial charge in [0.2, 0.25) is 5.43 Å². The Hall–Kier alpha value is -2.18. The highest BCUT2D eigenvalue weighted by Crippen LogP contribution is 2.39. The minimum atomic E-state index is -0.373. The Kier molecular flexibility index (Phi) is 6.20. The van der Waals surface area contributed by atoms with Gasteiger partial charge in [-0.3, -0.25) is 9.59 Å². The fourth-order valence-electron chi connectivity index (χ4n) is 4.78. The van der Waals surface area contributed by atoms with Crippen molar-refractivity contribution in [3.8, 4) is 5.69 Å². The summed E-state index contributed by atoms with van der Waals surface area (Å²) < 4.78 is 1.65. The Balaban J connectivity index is 0.00000225. The molecule has 1 aromatic heterocycles. The molecule has 150 valence electrons. The third kappa shape index (κ3) is 3.98. The second kappa shape index (κ2) is 8.45. The van der Waals surface area contributed by atoms with E-state index in [2.05, 4.69) is 10.4 Å². The van der Waals surface area contributed by atoms with Crippen molar-refractivity contribution < 1.29 is 4.79 Å². The lowest BCUT2D eigenvalue weighted by Gasteiger charge is -2.45. The van der Waals surface area contributed by atoms with Gasteiger partial charge >= 0.3 is 0 Å². The lowest BCUT2D eigenvalue weighted by molar-refractivity contribution is 0.0749. The summed E-state index contributed by atoms with van der Waals surface area (Å²) in [5.41, 5.74) is 7.31. The molecule has 2 bridgehead atoms. The summed E-state index contributed by atoms with van der Waals surface area (Å²) in [6, 6.07) is 11.3. The molecule has 2 aliphatic carbocycles. The Morgan fingerprint density at radius 1 is 1.18 bits per heavy atom. The number of hydrogen-bond acceptors (Lipinski definition) is 4. The molecular weight excluding hydrogens is 376 g/mol. The summed E-state index contributed by atoms with van der Waals surface area (Å²) in [5, 5.41) is 7.51. The van der Waals surface area contributed by atoms with Crippen molar-refractivity contribution in [3.05, 3.63) is 58.0 Å². The number of nitrogens with two attached hydrogens (primary N) is 1. The highest BCUT2D eigenvalue weighted by atomic mass is 35.5. The minimum Gasteiger partial charge on any atom is -0.347 e. The quantitative estimate of drug-likeness (QED) is 0.825. The van der Waals surface area contributed by atoms with Crippen LogP contribution < -0.4 is 16.5 Å². The fraction of sp³-hybridized carbons (Fsp3) is 0.476. The zero-order chi connectivity index (χ0) is 19.0. The standard InChI is InChI=1S/C21H26N4O2.ClH/c1-13-10-18(26)20(24-25(13)17-8-3-2-4-9-17)21(27)23-19-14-6-5-7-15(19)12-16(22)11-14;/h2-4,8-10,14-16,19H,5-7,11-12,22H2,1H3,(H,23,27);1H. The Morgan fingerprint density at radius 2 is 1.82 bits per heavy atom. The van der Waals surface area contributed by atoms with Gasteiger partial charge in [-0.1, -0.05) is 24.6 Å². The van der Waals surface area contributed by atoms with E-state index in [1.54, 1.807) is 4.68 Å². The Morgan fingerprint density at radius 3 is 2.46 bits per heavy atom. The second-order valence-corrected chi connectivity index (χ2v) is 7.93. The third-order valence-corrected chi connectivity index (χ3v) is 6.00. The molecule has 1 heterocycles. The van der Waals surface area contributed by atoms with Crippen molar-refractivity contribution in [1.29, 1.82) is 0 Å². The number of halogens is 1. The van der Waals surface area contributed by atoms with Crippen LogP contribution in [0.3, 0.4) is 0 Å². The SMILES string of the molecule is Cc1cc(=O)c(C(=O)NC2C3CCCC2CC(N)C3)nn1-c1ccccc1.Cl. The van der Waals surface area contributed by atoms with Crippen LogP contribution in [0.1, 0.15) is 48.3 Å². The van der Waals surface area contributed by atoms with Gasteiger partial charge in [0.15, 0.2) is 5.69 Å². The number of amides is 1. The van der Waals surface area contributed by atoms with Crippen molar-refractivity contribution in [2.45, 2.75) is 51.1 Å². The van der Waals surface area contributed by atoms with E-state index in [4.69, 9.17) is 5.73 Å². The summed E-state index contributed by atoms with van der Waals surface area (Å²) in [4.78, 5) is 25.4. The number of nitrogens with zero attached hydrogens (tertiary/aromatic N) is 2. The zero-order valence-corrected chi connectivity index (χ0v) is 16.8. The van der Waals surface area contributed by atoms with Crippen LogP contribution in [-0.2, 0) is 0 Å². The van der Waals surface area contributed by atoms with E-state index >= 15 is 0 Å². The molecule has 2 fully saturated rings. The smallest absolute Gasteiger partial charge is 0.276 e. The summed E-state index contributed by atoms with van der Waals surface area (Å²) in [7, 11) is 0. The molecule has 3 N–H and O–H groups in total. The predicted molar refractivity (Wildman–Crippen MR) is 111 cm³/mol. The molecule has 0 saturated heterocycles. The number of nitrogens with one attached hydrogen (secondary N) is 1. The minimum absolute atomic E-state index is 0. The van der Waals surface area contributed by atoms with Gasteiger partial charge in [-0.25, -0.2) is 4.68 Å². The monoisotopic (exact) mass is 402 g/mol. The van der Waals surface area contributed by atoms with E-state index in [0.29, 0.717) is 17.5 Å². The first-order valence-corrected chi connectivity index (χ1v) is 9.76. The molecule has 2 saturated carbocycles. The average Bonchev–Trinajstić information content (AvgIpc) is 2.63. The van der Waals surface area contributed by atoms with Crippen molar-refractivity contribution in [1.82, 2.24) is 15.1 Å². The number of para-hydroxylation sites is 1. The van der Waals surface area contributed by atoms with Gasteiger partial charge in [0.25, 0.3) is 5.91 Å². The molecule has 2 aliphatic rings. The van der Waals surface area contributed by atoms with Crippen LogP contribution in [0.2, 0.25) is 0 Å². The number of carbonyl (C=O) groups is 1. The van der Waals surface area contributed by atoms with Crippen LogP contribution in [0.15, 0.2) is 41.2 Å². The number of benzene rings is 1.